The van der Waals surface area contributed by atoms with Crippen LogP contribution >= 0.6 is 11.6 Å². The molecule has 0 heterocycles. The van der Waals surface area contributed by atoms with Gasteiger partial charge in [-0.3, -0.25) is 9.69 Å². The van der Waals surface area contributed by atoms with Crippen LogP contribution in [-0.4, -0.2) is 30.4 Å². The minimum absolute atomic E-state index is 0.409. The van der Waals surface area contributed by atoms with Crippen LogP contribution in [0.3, 0.4) is 0 Å². The van der Waals surface area contributed by atoms with Gasteiger partial charge in [0, 0.05) is 29.7 Å². The van der Waals surface area contributed by atoms with Gasteiger partial charge in [-0.2, -0.15) is 0 Å². The maximum Gasteiger partial charge on any atom is 0.248 e. The Balaban J connectivity index is 2.07. The van der Waals surface area contributed by atoms with E-state index < -0.39 is 5.91 Å². The Labute approximate surface area is 118 Å². The Hall–Kier alpha value is -1.10. The molecule has 4 N–H and O–H groups in total. The second-order valence-electron chi connectivity index (χ2n) is 5.23. The SMILES string of the molecule is CN(Cc1ccc(C(N)=O)cc1Cl)C(CN)C1CC1. The van der Waals surface area contributed by atoms with E-state index in [-0.39, 0.29) is 0 Å². The van der Waals surface area contributed by atoms with Crippen molar-refractivity contribution in [2.45, 2.75) is 25.4 Å². The fourth-order valence-corrected chi connectivity index (χ4v) is 2.67. The molecule has 0 bridgehead atoms. The summed E-state index contributed by atoms with van der Waals surface area (Å²) in [6.07, 6.45) is 2.53. The number of amides is 1. The predicted octanol–water partition coefficient (Wildman–Crippen LogP) is 1.61. The van der Waals surface area contributed by atoms with Crippen LogP contribution in [0.1, 0.15) is 28.8 Å². The van der Waals surface area contributed by atoms with Crippen LogP contribution in [0.5, 0.6) is 0 Å². The predicted molar refractivity (Wildman–Crippen MR) is 77.0 cm³/mol. The molecule has 1 aliphatic rings. The molecule has 1 atom stereocenters. The molecule has 0 spiro atoms. The average molecular weight is 282 g/mol. The summed E-state index contributed by atoms with van der Waals surface area (Å²) in [6, 6.07) is 5.61. The minimum Gasteiger partial charge on any atom is -0.366 e. The number of halogens is 1. The molecule has 2 rings (SSSR count). The van der Waals surface area contributed by atoms with E-state index >= 15 is 0 Å². The number of primary amides is 1. The van der Waals surface area contributed by atoms with E-state index in [1.807, 2.05) is 6.07 Å². The zero-order chi connectivity index (χ0) is 14.0. The lowest BCUT2D eigenvalue weighted by Gasteiger charge is -2.27. The van der Waals surface area contributed by atoms with Crippen LogP contribution in [0.2, 0.25) is 5.02 Å². The lowest BCUT2D eigenvalue weighted by Crippen LogP contribution is -2.39. The zero-order valence-electron chi connectivity index (χ0n) is 11.1. The molecular formula is C14H20ClN3O. The van der Waals surface area contributed by atoms with Gasteiger partial charge in [-0.15, -0.1) is 0 Å². The van der Waals surface area contributed by atoms with E-state index in [1.54, 1.807) is 12.1 Å². The highest BCUT2D eigenvalue weighted by molar-refractivity contribution is 6.31. The molecule has 1 aliphatic carbocycles. The zero-order valence-corrected chi connectivity index (χ0v) is 11.9. The van der Waals surface area contributed by atoms with Crippen LogP contribution in [0, 0.1) is 5.92 Å². The normalized spacial score (nSPS) is 16.6. The van der Waals surface area contributed by atoms with Crippen molar-refractivity contribution in [3.63, 3.8) is 0 Å². The number of carbonyl (C=O) groups is 1. The quantitative estimate of drug-likeness (QED) is 0.832. The van der Waals surface area contributed by atoms with Crippen LogP contribution < -0.4 is 11.5 Å². The third-order valence-corrected chi connectivity index (χ3v) is 4.08. The summed E-state index contributed by atoms with van der Waals surface area (Å²) in [5.41, 5.74) is 12.5. The number of hydrogen-bond acceptors (Lipinski definition) is 3. The summed E-state index contributed by atoms with van der Waals surface area (Å²) in [7, 11) is 2.06. The van der Waals surface area contributed by atoms with Crippen molar-refractivity contribution >= 4 is 17.5 Å². The Morgan fingerprint density at radius 2 is 2.21 bits per heavy atom. The number of hydrogen-bond donors (Lipinski definition) is 2. The molecule has 0 saturated heterocycles. The minimum atomic E-state index is -0.459. The van der Waals surface area contributed by atoms with Crippen molar-refractivity contribution in [3.05, 3.63) is 34.3 Å². The first kappa shape index (κ1) is 14.3. The number of nitrogens with two attached hydrogens (primary N) is 2. The molecule has 5 heteroatoms. The number of likely N-dealkylation sites (N-methyl/N-ethyl adjacent to an activating group) is 1. The molecule has 0 radical (unpaired) electrons. The second kappa shape index (κ2) is 5.90. The first-order valence-corrected chi connectivity index (χ1v) is 6.89. The summed E-state index contributed by atoms with van der Waals surface area (Å²) < 4.78 is 0. The third-order valence-electron chi connectivity index (χ3n) is 3.73. The summed E-state index contributed by atoms with van der Waals surface area (Å²) in [4.78, 5) is 13.3. The molecule has 1 amide bonds. The van der Waals surface area contributed by atoms with Gasteiger partial charge in [0.25, 0.3) is 0 Å². The fraction of sp³-hybridized carbons (Fsp3) is 0.500. The highest BCUT2D eigenvalue weighted by atomic mass is 35.5. The van der Waals surface area contributed by atoms with Crippen molar-refractivity contribution in [3.8, 4) is 0 Å². The average Bonchev–Trinajstić information content (AvgIpc) is 3.17. The van der Waals surface area contributed by atoms with Gasteiger partial charge in [0.05, 0.1) is 0 Å². The van der Waals surface area contributed by atoms with Crippen LogP contribution in [-0.2, 0) is 6.54 Å². The van der Waals surface area contributed by atoms with Gasteiger partial charge >= 0.3 is 0 Å². The fourth-order valence-electron chi connectivity index (χ4n) is 2.43. The van der Waals surface area contributed by atoms with Gasteiger partial charge in [-0.25, -0.2) is 0 Å². The smallest absolute Gasteiger partial charge is 0.248 e. The van der Waals surface area contributed by atoms with Gasteiger partial charge in [0.15, 0.2) is 0 Å². The third kappa shape index (κ3) is 3.47. The van der Waals surface area contributed by atoms with E-state index in [0.29, 0.717) is 23.2 Å². The van der Waals surface area contributed by atoms with Crippen molar-refractivity contribution in [2.24, 2.45) is 17.4 Å². The number of nitrogens with zero attached hydrogens (tertiary/aromatic N) is 1. The first-order valence-electron chi connectivity index (χ1n) is 6.51. The molecule has 1 saturated carbocycles. The Bertz CT molecular complexity index is 474. The second-order valence-corrected chi connectivity index (χ2v) is 5.63. The molecule has 104 valence electrons. The summed E-state index contributed by atoms with van der Waals surface area (Å²) in [6.45, 7) is 1.40. The van der Waals surface area contributed by atoms with Gasteiger partial charge in [0.1, 0.15) is 0 Å². The summed E-state index contributed by atoms with van der Waals surface area (Å²) in [5.74, 6) is 0.262. The summed E-state index contributed by atoms with van der Waals surface area (Å²) in [5, 5.41) is 0.578. The van der Waals surface area contributed by atoms with E-state index in [0.717, 1.165) is 18.0 Å². The Morgan fingerprint density at radius 3 is 2.68 bits per heavy atom. The highest BCUT2D eigenvalue weighted by Gasteiger charge is 2.32. The van der Waals surface area contributed by atoms with Crippen molar-refractivity contribution in [1.29, 1.82) is 0 Å². The van der Waals surface area contributed by atoms with Crippen molar-refractivity contribution in [2.75, 3.05) is 13.6 Å². The van der Waals surface area contributed by atoms with Gasteiger partial charge in [0.2, 0.25) is 5.91 Å². The maximum absolute atomic E-state index is 11.1. The topological polar surface area (TPSA) is 72.3 Å². The Kier molecular flexibility index (Phi) is 4.45. The van der Waals surface area contributed by atoms with E-state index in [4.69, 9.17) is 23.1 Å². The van der Waals surface area contributed by atoms with Gasteiger partial charge < -0.3 is 11.5 Å². The van der Waals surface area contributed by atoms with E-state index in [9.17, 15) is 4.79 Å². The molecule has 1 unspecified atom stereocenters. The number of benzene rings is 1. The molecule has 1 fully saturated rings. The monoisotopic (exact) mass is 281 g/mol. The first-order chi connectivity index (χ1) is 9.02. The van der Waals surface area contributed by atoms with Crippen molar-refractivity contribution in [1.82, 2.24) is 4.90 Å². The molecule has 0 aliphatic heterocycles. The number of rotatable bonds is 6. The van der Waals surface area contributed by atoms with Crippen LogP contribution in [0.15, 0.2) is 18.2 Å². The van der Waals surface area contributed by atoms with Gasteiger partial charge in [-0.05, 0) is 43.5 Å². The molecule has 4 nitrogen and oxygen atoms in total. The molecule has 1 aromatic rings. The maximum atomic E-state index is 11.1. The molecule has 0 aromatic heterocycles. The van der Waals surface area contributed by atoms with Crippen LogP contribution in [0.4, 0.5) is 0 Å². The van der Waals surface area contributed by atoms with Crippen LogP contribution in [0.25, 0.3) is 0 Å². The largest absolute Gasteiger partial charge is 0.366 e. The Morgan fingerprint density at radius 1 is 1.53 bits per heavy atom. The highest BCUT2D eigenvalue weighted by Crippen LogP contribution is 2.35. The number of carbonyl (C=O) groups excluding carboxylic acids is 1. The lowest BCUT2D eigenvalue weighted by molar-refractivity contribution is 0.100. The molecule has 1 aromatic carbocycles. The molecule has 19 heavy (non-hydrogen) atoms. The molecular weight excluding hydrogens is 262 g/mol. The van der Waals surface area contributed by atoms with Gasteiger partial charge in [-0.1, -0.05) is 17.7 Å². The van der Waals surface area contributed by atoms with Crippen molar-refractivity contribution < 1.29 is 4.79 Å². The van der Waals surface area contributed by atoms with E-state index in [1.165, 1.54) is 12.8 Å². The lowest BCUT2D eigenvalue weighted by atomic mass is 10.1. The van der Waals surface area contributed by atoms with E-state index in [2.05, 4.69) is 11.9 Å². The summed E-state index contributed by atoms with van der Waals surface area (Å²) >= 11 is 6.19. The standard InChI is InChI=1S/C14H20ClN3O/c1-18(13(7-16)9-2-3-9)8-11-5-4-10(14(17)19)6-12(11)15/h4-6,9,13H,2-3,7-8,16H2,1H3,(H2,17,19).